The van der Waals surface area contributed by atoms with Gasteiger partial charge in [-0.1, -0.05) is 12.8 Å². The molecular formula is C16H29N3O2. The van der Waals surface area contributed by atoms with Crippen molar-refractivity contribution >= 4 is 11.9 Å². The zero-order chi connectivity index (χ0) is 15.5. The van der Waals surface area contributed by atoms with Crippen molar-refractivity contribution in [2.45, 2.75) is 70.9 Å². The Hall–Kier alpha value is -1.26. The second-order valence-corrected chi connectivity index (χ2v) is 7.43. The molecule has 0 aromatic rings. The first-order valence-electron chi connectivity index (χ1n) is 8.22. The fraction of sp³-hybridized carbons (Fsp3) is 0.875. The van der Waals surface area contributed by atoms with Crippen LogP contribution in [-0.4, -0.2) is 41.5 Å². The van der Waals surface area contributed by atoms with Gasteiger partial charge in [0.2, 0.25) is 5.91 Å². The van der Waals surface area contributed by atoms with Crippen LogP contribution in [0.2, 0.25) is 0 Å². The van der Waals surface area contributed by atoms with Crippen LogP contribution in [0, 0.1) is 5.92 Å². The monoisotopic (exact) mass is 295 g/mol. The van der Waals surface area contributed by atoms with Gasteiger partial charge in [-0.15, -0.1) is 0 Å². The lowest BCUT2D eigenvalue weighted by atomic mass is 10.0. The summed E-state index contributed by atoms with van der Waals surface area (Å²) in [6.07, 6.45) is 6.23. The van der Waals surface area contributed by atoms with Crippen molar-refractivity contribution in [2.75, 3.05) is 13.1 Å². The van der Waals surface area contributed by atoms with Crippen molar-refractivity contribution in [1.29, 1.82) is 0 Å². The summed E-state index contributed by atoms with van der Waals surface area (Å²) in [6, 6.07) is 0.0723. The molecule has 0 aromatic heterocycles. The predicted molar refractivity (Wildman–Crippen MR) is 83.0 cm³/mol. The highest BCUT2D eigenvalue weighted by molar-refractivity contribution is 5.79. The number of nitrogens with one attached hydrogen (secondary N) is 2. The molecule has 2 aliphatic rings. The highest BCUT2D eigenvalue weighted by atomic mass is 16.2. The molecule has 1 aliphatic heterocycles. The summed E-state index contributed by atoms with van der Waals surface area (Å²) >= 11 is 0. The van der Waals surface area contributed by atoms with E-state index in [4.69, 9.17) is 0 Å². The van der Waals surface area contributed by atoms with E-state index in [9.17, 15) is 9.59 Å². The number of carbonyl (C=O) groups excluding carboxylic acids is 2. The normalized spacial score (nSPS) is 21.4. The van der Waals surface area contributed by atoms with Gasteiger partial charge in [0.25, 0.3) is 0 Å². The van der Waals surface area contributed by atoms with Crippen LogP contribution >= 0.6 is 0 Å². The van der Waals surface area contributed by atoms with Gasteiger partial charge < -0.3 is 15.5 Å². The third kappa shape index (κ3) is 4.90. The Kier molecular flexibility index (Phi) is 5.12. The Morgan fingerprint density at radius 1 is 1.00 bits per heavy atom. The zero-order valence-corrected chi connectivity index (χ0v) is 13.6. The third-order valence-corrected chi connectivity index (χ3v) is 4.33. The average molecular weight is 295 g/mol. The predicted octanol–water partition coefficient (Wildman–Crippen LogP) is 2.27. The molecule has 0 unspecified atom stereocenters. The van der Waals surface area contributed by atoms with Crippen LogP contribution in [0.5, 0.6) is 0 Å². The van der Waals surface area contributed by atoms with E-state index < -0.39 is 0 Å². The molecule has 1 aliphatic carbocycles. The molecule has 0 radical (unpaired) electrons. The number of hydrogen-bond donors (Lipinski definition) is 2. The summed E-state index contributed by atoms with van der Waals surface area (Å²) < 4.78 is 0. The van der Waals surface area contributed by atoms with E-state index in [1.54, 1.807) is 0 Å². The molecule has 3 amide bonds. The standard InChI is InChI=1S/C16H29N3O2/c1-16(2,3)18-15(21)17-13-8-10-19(11-9-13)14(20)12-6-4-5-7-12/h12-13H,4-11H2,1-3H3,(H2,17,18,21). The molecule has 5 nitrogen and oxygen atoms in total. The molecular weight excluding hydrogens is 266 g/mol. The summed E-state index contributed by atoms with van der Waals surface area (Å²) in [5.74, 6) is 0.601. The van der Waals surface area contributed by atoms with Gasteiger partial charge in [-0.05, 0) is 46.5 Å². The van der Waals surface area contributed by atoms with Crippen LogP contribution in [0.25, 0.3) is 0 Å². The lowest BCUT2D eigenvalue weighted by Gasteiger charge is -2.34. The van der Waals surface area contributed by atoms with E-state index in [-0.39, 0.29) is 23.5 Å². The van der Waals surface area contributed by atoms with E-state index in [0.29, 0.717) is 5.91 Å². The highest BCUT2D eigenvalue weighted by Crippen LogP contribution is 2.27. The van der Waals surface area contributed by atoms with Crippen LogP contribution in [0.3, 0.4) is 0 Å². The van der Waals surface area contributed by atoms with Gasteiger partial charge >= 0.3 is 6.03 Å². The molecule has 0 atom stereocenters. The maximum absolute atomic E-state index is 12.3. The number of amides is 3. The molecule has 0 spiro atoms. The van der Waals surface area contributed by atoms with Gasteiger partial charge in [-0.25, -0.2) is 4.79 Å². The molecule has 2 fully saturated rings. The first-order valence-corrected chi connectivity index (χ1v) is 8.22. The largest absolute Gasteiger partial charge is 0.342 e. The van der Waals surface area contributed by atoms with Crippen molar-refractivity contribution in [3.8, 4) is 0 Å². The third-order valence-electron chi connectivity index (χ3n) is 4.33. The van der Waals surface area contributed by atoms with Gasteiger partial charge in [0.15, 0.2) is 0 Å². The SMILES string of the molecule is CC(C)(C)NC(=O)NC1CCN(C(=O)C2CCCC2)CC1. The molecule has 2 rings (SSSR count). The van der Waals surface area contributed by atoms with E-state index in [2.05, 4.69) is 10.6 Å². The number of rotatable bonds is 2. The van der Waals surface area contributed by atoms with E-state index >= 15 is 0 Å². The molecule has 120 valence electrons. The second kappa shape index (κ2) is 6.67. The molecule has 0 bridgehead atoms. The zero-order valence-electron chi connectivity index (χ0n) is 13.6. The molecule has 5 heteroatoms. The summed E-state index contributed by atoms with van der Waals surface area (Å²) in [7, 11) is 0. The number of nitrogens with zero attached hydrogens (tertiary/aromatic N) is 1. The first-order chi connectivity index (χ1) is 9.85. The average Bonchev–Trinajstić information content (AvgIpc) is 2.90. The molecule has 1 saturated heterocycles. The maximum Gasteiger partial charge on any atom is 0.315 e. The number of likely N-dealkylation sites (tertiary alicyclic amines) is 1. The number of hydrogen-bond acceptors (Lipinski definition) is 2. The smallest absolute Gasteiger partial charge is 0.315 e. The van der Waals surface area contributed by atoms with Gasteiger partial charge in [0.05, 0.1) is 0 Å². The first kappa shape index (κ1) is 16.1. The second-order valence-electron chi connectivity index (χ2n) is 7.43. The maximum atomic E-state index is 12.3. The fourth-order valence-electron chi connectivity index (χ4n) is 3.24. The Balaban J connectivity index is 1.73. The van der Waals surface area contributed by atoms with Gasteiger partial charge in [0.1, 0.15) is 0 Å². The summed E-state index contributed by atoms with van der Waals surface area (Å²) in [6.45, 7) is 7.45. The number of piperidine rings is 1. The van der Waals surface area contributed by atoms with Crippen LogP contribution in [0.15, 0.2) is 0 Å². The van der Waals surface area contributed by atoms with Crippen LogP contribution in [0.1, 0.15) is 59.3 Å². The van der Waals surface area contributed by atoms with Gasteiger partial charge in [-0.3, -0.25) is 4.79 Å². The van der Waals surface area contributed by atoms with Crippen LogP contribution < -0.4 is 10.6 Å². The summed E-state index contributed by atoms with van der Waals surface area (Å²) in [4.78, 5) is 26.2. The lowest BCUT2D eigenvalue weighted by Crippen LogP contribution is -2.53. The van der Waals surface area contributed by atoms with Gasteiger partial charge in [-0.2, -0.15) is 0 Å². The highest BCUT2D eigenvalue weighted by Gasteiger charge is 2.30. The molecule has 0 aromatic carbocycles. The topological polar surface area (TPSA) is 61.4 Å². The number of carbonyl (C=O) groups is 2. The molecule has 1 saturated carbocycles. The molecule has 21 heavy (non-hydrogen) atoms. The van der Waals surface area contributed by atoms with E-state index in [1.807, 2.05) is 25.7 Å². The quantitative estimate of drug-likeness (QED) is 0.821. The Labute approximate surface area is 127 Å². The van der Waals surface area contributed by atoms with Crippen molar-refractivity contribution in [3.05, 3.63) is 0 Å². The summed E-state index contributed by atoms with van der Waals surface area (Å²) in [5.41, 5.74) is -0.219. The fourth-order valence-corrected chi connectivity index (χ4v) is 3.24. The minimum Gasteiger partial charge on any atom is -0.342 e. The van der Waals surface area contributed by atoms with Crippen LogP contribution in [-0.2, 0) is 4.79 Å². The van der Waals surface area contributed by atoms with Crippen molar-refractivity contribution in [1.82, 2.24) is 15.5 Å². The van der Waals surface area contributed by atoms with Crippen molar-refractivity contribution in [2.24, 2.45) is 5.92 Å². The lowest BCUT2D eigenvalue weighted by molar-refractivity contribution is -0.136. The van der Waals surface area contributed by atoms with Crippen molar-refractivity contribution < 1.29 is 9.59 Å². The Morgan fingerprint density at radius 2 is 1.57 bits per heavy atom. The van der Waals surface area contributed by atoms with Gasteiger partial charge in [0, 0.05) is 30.6 Å². The Morgan fingerprint density at radius 3 is 2.10 bits per heavy atom. The molecule has 1 heterocycles. The van der Waals surface area contributed by atoms with Crippen molar-refractivity contribution in [3.63, 3.8) is 0 Å². The van der Waals surface area contributed by atoms with Crippen LogP contribution in [0.4, 0.5) is 4.79 Å². The number of urea groups is 1. The minimum atomic E-state index is -0.219. The minimum absolute atomic E-state index is 0.108. The Bertz CT molecular complexity index is 375. The summed E-state index contributed by atoms with van der Waals surface area (Å²) in [5, 5.41) is 5.93. The molecule has 2 N–H and O–H groups in total. The van der Waals surface area contributed by atoms with E-state index in [0.717, 1.165) is 38.8 Å². The van der Waals surface area contributed by atoms with E-state index in [1.165, 1.54) is 12.8 Å².